The van der Waals surface area contributed by atoms with Crippen molar-refractivity contribution >= 4 is 18.0 Å². The maximum atomic E-state index is 11.7. The standard InChI is InChI=1S/C13H23N3O3/c1-8(2)13(6)7-9(17)14-10(16-13)15-11(18)19-12(3,4)5/h8H,7H2,1-6H3,(H2,14,15,16,17,18)/t13-/m0/s1. The van der Waals surface area contributed by atoms with E-state index in [1.54, 1.807) is 20.8 Å². The average molecular weight is 269 g/mol. The molecule has 0 radical (unpaired) electrons. The second kappa shape index (κ2) is 5.19. The number of hydrogen-bond acceptors (Lipinski definition) is 3. The molecule has 1 heterocycles. The van der Waals surface area contributed by atoms with E-state index in [2.05, 4.69) is 15.6 Å². The van der Waals surface area contributed by atoms with Crippen molar-refractivity contribution in [2.75, 3.05) is 0 Å². The van der Waals surface area contributed by atoms with Gasteiger partial charge in [-0.05, 0) is 33.6 Å². The Bertz CT molecular complexity index is 410. The van der Waals surface area contributed by atoms with Crippen molar-refractivity contribution in [2.45, 2.75) is 59.1 Å². The van der Waals surface area contributed by atoms with Crippen LogP contribution < -0.4 is 10.6 Å². The van der Waals surface area contributed by atoms with E-state index in [1.807, 2.05) is 20.8 Å². The quantitative estimate of drug-likeness (QED) is 0.760. The summed E-state index contributed by atoms with van der Waals surface area (Å²) in [4.78, 5) is 27.1. The van der Waals surface area contributed by atoms with Crippen LogP contribution in [0.1, 0.15) is 48.0 Å². The van der Waals surface area contributed by atoms with Gasteiger partial charge >= 0.3 is 6.09 Å². The number of rotatable bonds is 1. The summed E-state index contributed by atoms with van der Waals surface area (Å²) in [6.07, 6.45) is -0.374. The Morgan fingerprint density at radius 1 is 1.42 bits per heavy atom. The van der Waals surface area contributed by atoms with E-state index in [9.17, 15) is 9.59 Å². The van der Waals surface area contributed by atoms with Crippen LogP contribution in [0.3, 0.4) is 0 Å². The molecule has 0 bridgehead atoms. The molecule has 0 aliphatic carbocycles. The molecular formula is C13H23N3O3. The summed E-state index contributed by atoms with van der Waals surface area (Å²) in [6.45, 7) is 11.2. The van der Waals surface area contributed by atoms with Gasteiger partial charge < -0.3 is 10.1 Å². The molecule has 1 aliphatic heterocycles. The molecule has 1 fully saturated rings. The van der Waals surface area contributed by atoms with Gasteiger partial charge in [0.05, 0.1) is 6.42 Å². The Kier molecular flexibility index (Phi) is 4.22. The molecule has 0 aromatic rings. The molecule has 0 aromatic heterocycles. The van der Waals surface area contributed by atoms with E-state index < -0.39 is 17.2 Å². The minimum Gasteiger partial charge on any atom is -0.442 e. The highest BCUT2D eigenvalue weighted by Crippen LogP contribution is 2.22. The lowest BCUT2D eigenvalue weighted by molar-refractivity contribution is -0.122. The first-order valence-corrected chi connectivity index (χ1v) is 6.41. The second-order valence-corrected chi connectivity index (χ2v) is 6.36. The van der Waals surface area contributed by atoms with Crippen molar-refractivity contribution in [3.8, 4) is 0 Å². The maximum absolute atomic E-state index is 11.7. The zero-order valence-corrected chi connectivity index (χ0v) is 12.5. The zero-order chi connectivity index (χ0) is 14.8. The summed E-state index contributed by atoms with van der Waals surface area (Å²) in [6, 6.07) is 0. The number of ether oxygens (including phenoxy) is 1. The summed E-state index contributed by atoms with van der Waals surface area (Å²) in [5, 5.41) is 5.64. The van der Waals surface area contributed by atoms with Crippen LogP contribution in [0.25, 0.3) is 0 Å². The maximum Gasteiger partial charge on any atom is 0.437 e. The van der Waals surface area contributed by atoms with Gasteiger partial charge in [0.2, 0.25) is 11.9 Å². The molecular weight excluding hydrogens is 246 g/mol. The van der Waals surface area contributed by atoms with E-state index >= 15 is 0 Å². The number of carbonyl (C=O) groups is 2. The van der Waals surface area contributed by atoms with Crippen LogP contribution in [0, 0.1) is 5.92 Å². The van der Waals surface area contributed by atoms with Gasteiger partial charge in [0.25, 0.3) is 0 Å². The van der Waals surface area contributed by atoms with Gasteiger partial charge in [0, 0.05) is 5.54 Å². The van der Waals surface area contributed by atoms with Gasteiger partial charge in [-0.15, -0.1) is 4.99 Å². The number of carbonyl (C=O) groups excluding carboxylic acids is 2. The van der Waals surface area contributed by atoms with E-state index in [0.717, 1.165) is 0 Å². The molecule has 6 nitrogen and oxygen atoms in total. The van der Waals surface area contributed by atoms with Crippen LogP contribution in [0.15, 0.2) is 4.99 Å². The van der Waals surface area contributed by atoms with Gasteiger partial charge in [-0.1, -0.05) is 13.8 Å². The summed E-state index contributed by atoms with van der Waals surface area (Å²) >= 11 is 0. The molecule has 0 spiro atoms. The van der Waals surface area contributed by atoms with Gasteiger partial charge in [-0.25, -0.2) is 4.79 Å². The molecule has 2 N–H and O–H groups in total. The predicted octanol–water partition coefficient (Wildman–Crippen LogP) is 1.80. The lowest BCUT2D eigenvalue weighted by atomic mass is 9.84. The van der Waals surface area contributed by atoms with Crippen molar-refractivity contribution in [1.29, 1.82) is 0 Å². The fourth-order valence-corrected chi connectivity index (χ4v) is 1.64. The molecule has 1 rings (SSSR count). The van der Waals surface area contributed by atoms with Gasteiger partial charge in [0.15, 0.2) is 0 Å². The average Bonchev–Trinajstić information content (AvgIpc) is 2.11. The first-order chi connectivity index (χ1) is 8.52. The van der Waals surface area contributed by atoms with Gasteiger partial charge in [-0.2, -0.15) is 0 Å². The highest BCUT2D eigenvalue weighted by atomic mass is 16.6. The smallest absolute Gasteiger partial charge is 0.437 e. The molecule has 1 saturated heterocycles. The molecule has 1 atom stereocenters. The van der Waals surface area contributed by atoms with Crippen molar-refractivity contribution in [3.05, 3.63) is 0 Å². The Morgan fingerprint density at radius 2 is 2.00 bits per heavy atom. The molecule has 0 unspecified atom stereocenters. The number of nitrogens with zero attached hydrogens (tertiary/aromatic N) is 1. The van der Waals surface area contributed by atoms with Gasteiger partial charge in [-0.3, -0.25) is 10.1 Å². The molecule has 6 heteroatoms. The first kappa shape index (κ1) is 15.5. The summed E-state index contributed by atoms with van der Waals surface area (Å²) in [5.74, 6) is 0.223. The Hall–Kier alpha value is -1.59. The molecule has 19 heavy (non-hydrogen) atoms. The number of guanidine groups is 1. The number of nitrogens with one attached hydrogen (secondary N) is 2. The zero-order valence-electron chi connectivity index (χ0n) is 12.5. The van der Waals surface area contributed by atoms with Crippen molar-refractivity contribution < 1.29 is 14.3 Å². The van der Waals surface area contributed by atoms with Crippen LogP contribution >= 0.6 is 0 Å². The molecule has 0 aromatic carbocycles. The Balaban J connectivity index is 2.83. The van der Waals surface area contributed by atoms with Crippen LogP contribution in [0.4, 0.5) is 4.79 Å². The van der Waals surface area contributed by atoms with E-state index in [4.69, 9.17) is 4.74 Å². The SMILES string of the molecule is CC(C)[C@]1(C)CC(=O)N/C(=N\C(=O)OC(C)(C)C)N1. The number of hydrogen-bond donors (Lipinski definition) is 2. The normalized spacial score (nSPS) is 26.1. The summed E-state index contributed by atoms with van der Waals surface area (Å²) in [7, 11) is 0. The van der Waals surface area contributed by atoms with E-state index in [0.29, 0.717) is 6.42 Å². The number of amides is 2. The minimum atomic E-state index is -0.719. The summed E-state index contributed by atoms with van der Waals surface area (Å²) in [5.41, 5.74) is -1.02. The predicted molar refractivity (Wildman–Crippen MR) is 72.8 cm³/mol. The molecule has 2 amide bonds. The highest BCUT2D eigenvalue weighted by molar-refractivity contribution is 6.03. The third-order valence-electron chi connectivity index (χ3n) is 3.06. The first-order valence-electron chi connectivity index (χ1n) is 6.41. The van der Waals surface area contributed by atoms with Crippen molar-refractivity contribution in [2.24, 2.45) is 10.9 Å². The third kappa shape index (κ3) is 4.54. The second-order valence-electron chi connectivity index (χ2n) is 6.36. The number of aliphatic imine (C=N–C) groups is 1. The Labute approximate surface area is 114 Å². The van der Waals surface area contributed by atoms with Crippen LogP contribution in [-0.2, 0) is 9.53 Å². The van der Waals surface area contributed by atoms with Gasteiger partial charge in [0.1, 0.15) is 5.60 Å². The summed E-state index contributed by atoms with van der Waals surface area (Å²) < 4.78 is 5.09. The lowest BCUT2D eigenvalue weighted by Gasteiger charge is -2.39. The van der Waals surface area contributed by atoms with Crippen molar-refractivity contribution in [3.63, 3.8) is 0 Å². The third-order valence-corrected chi connectivity index (χ3v) is 3.06. The molecule has 108 valence electrons. The largest absolute Gasteiger partial charge is 0.442 e. The minimum absolute atomic E-state index is 0.154. The fourth-order valence-electron chi connectivity index (χ4n) is 1.64. The highest BCUT2D eigenvalue weighted by Gasteiger charge is 2.36. The monoisotopic (exact) mass is 269 g/mol. The topological polar surface area (TPSA) is 79.8 Å². The molecule has 0 saturated carbocycles. The van der Waals surface area contributed by atoms with Crippen LogP contribution in [0.5, 0.6) is 0 Å². The van der Waals surface area contributed by atoms with E-state index in [-0.39, 0.29) is 17.8 Å². The lowest BCUT2D eigenvalue weighted by Crippen LogP contribution is -2.62. The fraction of sp³-hybridized carbons (Fsp3) is 0.769. The van der Waals surface area contributed by atoms with E-state index in [1.165, 1.54) is 0 Å². The van der Waals surface area contributed by atoms with Crippen molar-refractivity contribution in [1.82, 2.24) is 10.6 Å². The van der Waals surface area contributed by atoms with Crippen LogP contribution in [0.2, 0.25) is 0 Å². The molecule has 1 aliphatic rings. The van der Waals surface area contributed by atoms with Crippen LogP contribution in [-0.4, -0.2) is 29.1 Å². The Morgan fingerprint density at radius 3 is 2.47 bits per heavy atom.